The van der Waals surface area contributed by atoms with E-state index in [4.69, 9.17) is 9.47 Å². The number of hydrogen-bond acceptors (Lipinski definition) is 5. The minimum absolute atomic E-state index is 0.00182. The number of carbonyl (C=O) groups excluding carboxylic acids is 1. The van der Waals surface area contributed by atoms with Gasteiger partial charge in [0, 0.05) is 38.3 Å². The molecule has 6 heteroatoms. The molecule has 2 aromatic carbocycles. The Morgan fingerprint density at radius 1 is 1.11 bits per heavy atom. The second-order valence-corrected chi connectivity index (χ2v) is 7.01. The van der Waals surface area contributed by atoms with E-state index in [-0.39, 0.29) is 17.7 Å². The standard InChI is InChI=1S/C21H23FN2O3/c1-15(25)16-6-7-19(18(22)12-16)24-10-8-23(9-11-24)13-17-14-26-20-4-2-3-5-21(20)27-17/h2-7,12,17H,8-11,13-14H2,1H3. The second-order valence-electron chi connectivity index (χ2n) is 7.01. The number of ether oxygens (including phenoxy) is 2. The van der Waals surface area contributed by atoms with E-state index in [9.17, 15) is 9.18 Å². The zero-order valence-electron chi connectivity index (χ0n) is 15.4. The van der Waals surface area contributed by atoms with Gasteiger partial charge < -0.3 is 14.4 Å². The fourth-order valence-corrected chi connectivity index (χ4v) is 3.59. The summed E-state index contributed by atoms with van der Waals surface area (Å²) in [6.45, 7) is 5.90. The Hall–Kier alpha value is -2.60. The summed E-state index contributed by atoms with van der Waals surface area (Å²) in [5.41, 5.74) is 0.968. The molecule has 2 heterocycles. The number of nitrogens with zero attached hydrogens (tertiary/aromatic N) is 2. The number of halogens is 1. The van der Waals surface area contributed by atoms with E-state index >= 15 is 0 Å². The lowest BCUT2D eigenvalue weighted by Crippen LogP contribution is -2.50. The summed E-state index contributed by atoms with van der Waals surface area (Å²) in [6.07, 6.45) is -0.00182. The number of fused-ring (bicyclic) bond motifs is 1. The van der Waals surface area contributed by atoms with E-state index in [0.717, 1.165) is 44.2 Å². The Labute approximate surface area is 158 Å². The molecule has 2 aliphatic rings. The van der Waals surface area contributed by atoms with E-state index in [2.05, 4.69) is 4.90 Å². The van der Waals surface area contributed by atoms with Gasteiger partial charge in [0.2, 0.25) is 0 Å². The number of Topliss-reactive ketones (excluding diaryl/α,β-unsaturated/α-hetero) is 1. The van der Waals surface area contributed by atoms with E-state index < -0.39 is 0 Å². The van der Waals surface area contributed by atoms with Crippen LogP contribution in [0, 0.1) is 5.82 Å². The minimum atomic E-state index is -0.336. The molecule has 1 fully saturated rings. The molecule has 1 unspecified atom stereocenters. The number of hydrogen-bond donors (Lipinski definition) is 0. The zero-order chi connectivity index (χ0) is 18.8. The quantitative estimate of drug-likeness (QED) is 0.774. The molecule has 0 saturated carbocycles. The predicted octanol–water partition coefficient (Wildman–Crippen LogP) is 2.99. The Bertz CT molecular complexity index is 834. The lowest BCUT2D eigenvalue weighted by Gasteiger charge is -2.38. The first-order chi connectivity index (χ1) is 13.1. The van der Waals surface area contributed by atoms with Gasteiger partial charge >= 0.3 is 0 Å². The smallest absolute Gasteiger partial charge is 0.161 e. The van der Waals surface area contributed by atoms with Crippen LogP contribution < -0.4 is 14.4 Å². The van der Waals surface area contributed by atoms with Crippen LogP contribution in [0.4, 0.5) is 10.1 Å². The van der Waals surface area contributed by atoms with Crippen LogP contribution in [0.25, 0.3) is 0 Å². The highest BCUT2D eigenvalue weighted by Crippen LogP contribution is 2.31. The third-order valence-corrected chi connectivity index (χ3v) is 5.10. The summed E-state index contributed by atoms with van der Waals surface area (Å²) < 4.78 is 26.2. The summed E-state index contributed by atoms with van der Waals surface area (Å²) in [5.74, 6) is 1.13. The average Bonchev–Trinajstić information content (AvgIpc) is 2.68. The predicted molar refractivity (Wildman–Crippen MR) is 101 cm³/mol. The maximum Gasteiger partial charge on any atom is 0.161 e. The fourth-order valence-electron chi connectivity index (χ4n) is 3.59. The van der Waals surface area contributed by atoms with Gasteiger partial charge in [-0.3, -0.25) is 9.69 Å². The van der Waals surface area contributed by atoms with E-state index in [1.54, 1.807) is 12.1 Å². The number of para-hydroxylation sites is 2. The number of rotatable bonds is 4. The summed E-state index contributed by atoms with van der Waals surface area (Å²) in [6, 6.07) is 12.4. The molecule has 0 bridgehead atoms. The summed E-state index contributed by atoms with van der Waals surface area (Å²) in [5, 5.41) is 0. The molecule has 1 atom stereocenters. The molecule has 2 aliphatic heterocycles. The summed E-state index contributed by atoms with van der Waals surface area (Å²) in [4.78, 5) is 15.7. The highest BCUT2D eigenvalue weighted by atomic mass is 19.1. The number of anilines is 1. The van der Waals surface area contributed by atoms with Crippen molar-refractivity contribution in [2.45, 2.75) is 13.0 Å². The highest BCUT2D eigenvalue weighted by Gasteiger charge is 2.26. The summed E-state index contributed by atoms with van der Waals surface area (Å²) >= 11 is 0. The average molecular weight is 370 g/mol. The van der Waals surface area contributed by atoms with Crippen LogP contribution in [0.1, 0.15) is 17.3 Å². The van der Waals surface area contributed by atoms with Crippen molar-refractivity contribution in [3.8, 4) is 11.5 Å². The molecule has 27 heavy (non-hydrogen) atoms. The molecule has 0 amide bonds. The Morgan fingerprint density at radius 2 is 1.85 bits per heavy atom. The number of carbonyl (C=O) groups is 1. The van der Waals surface area contributed by atoms with Crippen LogP contribution in [0.3, 0.4) is 0 Å². The van der Waals surface area contributed by atoms with Gasteiger partial charge in [0.1, 0.15) is 18.5 Å². The van der Waals surface area contributed by atoms with Crippen LogP contribution in [-0.2, 0) is 0 Å². The van der Waals surface area contributed by atoms with Crippen LogP contribution in [-0.4, -0.2) is 56.1 Å². The molecule has 5 nitrogen and oxygen atoms in total. The fraction of sp³-hybridized carbons (Fsp3) is 0.381. The van der Waals surface area contributed by atoms with Gasteiger partial charge in [-0.05, 0) is 37.3 Å². The highest BCUT2D eigenvalue weighted by molar-refractivity contribution is 5.94. The Balaban J connectivity index is 1.33. The minimum Gasteiger partial charge on any atom is -0.486 e. The van der Waals surface area contributed by atoms with Gasteiger partial charge in [0.15, 0.2) is 17.3 Å². The van der Waals surface area contributed by atoms with E-state index in [1.165, 1.54) is 13.0 Å². The maximum absolute atomic E-state index is 14.4. The largest absolute Gasteiger partial charge is 0.486 e. The van der Waals surface area contributed by atoms with Crippen LogP contribution in [0.15, 0.2) is 42.5 Å². The Kier molecular flexibility index (Phi) is 4.99. The molecule has 0 spiro atoms. The SMILES string of the molecule is CC(=O)c1ccc(N2CCN(CC3COc4ccccc4O3)CC2)c(F)c1. The van der Waals surface area contributed by atoms with Crippen molar-refractivity contribution in [3.05, 3.63) is 53.8 Å². The molecular weight excluding hydrogens is 347 g/mol. The third kappa shape index (κ3) is 3.90. The number of ketones is 1. The van der Waals surface area contributed by atoms with Gasteiger partial charge in [-0.2, -0.15) is 0 Å². The van der Waals surface area contributed by atoms with Crippen LogP contribution in [0.5, 0.6) is 11.5 Å². The van der Waals surface area contributed by atoms with Gasteiger partial charge in [-0.25, -0.2) is 4.39 Å². The number of piperazine rings is 1. The third-order valence-electron chi connectivity index (χ3n) is 5.10. The molecule has 0 N–H and O–H groups in total. The van der Waals surface area contributed by atoms with Crippen LogP contribution in [0.2, 0.25) is 0 Å². The van der Waals surface area contributed by atoms with Crippen molar-refractivity contribution in [2.75, 3.05) is 44.2 Å². The van der Waals surface area contributed by atoms with Crippen molar-refractivity contribution in [1.29, 1.82) is 0 Å². The molecule has 0 radical (unpaired) electrons. The topological polar surface area (TPSA) is 42.0 Å². The van der Waals surface area contributed by atoms with Gasteiger partial charge in [-0.1, -0.05) is 12.1 Å². The van der Waals surface area contributed by atoms with E-state index in [0.29, 0.717) is 17.9 Å². The second kappa shape index (κ2) is 7.56. The van der Waals surface area contributed by atoms with Crippen molar-refractivity contribution >= 4 is 11.5 Å². The molecular formula is C21H23FN2O3. The molecule has 0 aromatic heterocycles. The first kappa shape index (κ1) is 17.8. The number of benzene rings is 2. The van der Waals surface area contributed by atoms with E-state index in [1.807, 2.05) is 29.2 Å². The Morgan fingerprint density at radius 3 is 2.56 bits per heavy atom. The zero-order valence-corrected chi connectivity index (χ0v) is 15.4. The molecule has 0 aliphatic carbocycles. The molecule has 4 rings (SSSR count). The lowest BCUT2D eigenvalue weighted by atomic mass is 10.1. The van der Waals surface area contributed by atoms with Crippen molar-refractivity contribution in [1.82, 2.24) is 4.90 Å². The normalized spacial score (nSPS) is 19.8. The first-order valence-corrected chi connectivity index (χ1v) is 9.26. The van der Waals surface area contributed by atoms with Crippen molar-refractivity contribution in [2.24, 2.45) is 0 Å². The van der Waals surface area contributed by atoms with Crippen molar-refractivity contribution < 1.29 is 18.7 Å². The molecule has 142 valence electrons. The van der Waals surface area contributed by atoms with Gasteiger partial charge in [0.05, 0.1) is 5.69 Å². The monoisotopic (exact) mass is 370 g/mol. The first-order valence-electron chi connectivity index (χ1n) is 9.26. The van der Waals surface area contributed by atoms with Crippen molar-refractivity contribution in [3.63, 3.8) is 0 Å². The molecule has 2 aromatic rings. The van der Waals surface area contributed by atoms with Gasteiger partial charge in [0.25, 0.3) is 0 Å². The van der Waals surface area contributed by atoms with Gasteiger partial charge in [-0.15, -0.1) is 0 Å². The lowest BCUT2D eigenvalue weighted by molar-refractivity contribution is 0.0571. The molecule has 1 saturated heterocycles. The summed E-state index contributed by atoms with van der Waals surface area (Å²) in [7, 11) is 0. The van der Waals surface area contributed by atoms with Crippen LogP contribution >= 0.6 is 0 Å². The maximum atomic E-state index is 14.4.